The van der Waals surface area contributed by atoms with Crippen LogP contribution in [0.1, 0.15) is 52.4 Å². The van der Waals surface area contributed by atoms with Crippen molar-refractivity contribution in [3.8, 4) is 0 Å². The molecule has 2 amide bonds. The highest BCUT2D eigenvalue weighted by Gasteiger charge is 2.37. The van der Waals surface area contributed by atoms with Gasteiger partial charge in [0.05, 0.1) is 23.3 Å². The van der Waals surface area contributed by atoms with Crippen LogP contribution in [-0.4, -0.2) is 48.7 Å². The summed E-state index contributed by atoms with van der Waals surface area (Å²) in [6.07, 6.45) is -9.95. The molecule has 7 nitrogen and oxygen atoms in total. The third-order valence-corrected chi connectivity index (χ3v) is 7.36. The van der Waals surface area contributed by atoms with Crippen LogP contribution in [0.2, 0.25) is 0 Å². The fraction of sp³-hybridized carbons (Fsp3) is 0.375. The van der Waals surface area contributed by atoms with Gasteiger partial charge in [0.1, 0.15) is 0 Å². The normalized spacial score (nSPS) is 15.2. The van der Waals surface area contributed by atoms with Crippen molar-refractivity contribution in [2.75, 3.05) is 29.9 Å². The van der Waals surface area contributed by atoms with Crippen molar-refractivity contribution in [1.29, 1.82) is 0 Å². The van der Waals surface area contributed by atoms with Crippen LogP contribution in [0.5, 0.6) is 0 Å². The summed E-state index contributed by atoms with van der Waals surface area (Å²) in [7, 11) is 0. The summed E-state index contributed by atoms with van der Waals surface area (Å²) in [5, 5.41) is 19.8. The van der Waals surface area contributed by atoms with Crippen molar-refractivity contribution < 1.29 is 41.0 Å². The Morgan fingerprint density at radius 2 is 1.60 bits per heavy atom. The van der Waals surface area contributed by atoms with Crippen LogP contribution in [0.3, 0.4) is 0 Å². The average molecular weight is 637 g/mol. The number of nitrogens with one attached hydrogen (secondary N) is 3. The van der Waals surface area contributed by atoms with Crippen LogP contribution >= 0.6 is 0 Å². The smallest absolute Gasteiger partial charge is 0.390 e. The first-order chi connectivity index (χ1) is 21.2. The predicted octanol–water partition coefficient (Wildman–Crippen LogP) is 5.77. The Balaban J connectivity index is 1.53. The number of rotatable bonds is 12. The quantitative estimate of drug-likeness (QED) is 0.190. The van der Waals surface area contributed by atoms with Crippen molar-refractivity contribution >= 4 is 23.2 Å². The summed E-state index contributed by atoms with van der Waals surface area (Å²) < 4.78 is 79.6. The number of anilines is 2. The molecular formula is C32H34F6N4O3. The number of aliphatic hydroxyl groups excluding tert-OH is 1. The van der Waals surface area contributed by atoms with Crippen molar-refractivity contribution in [2.24, 2.45) is 0 Å². The number of nitrogens with zero attached hydrogens (tertiary/aromatic N) is 1. The fourth-order valence-corrected chi connectivity index (χ4v) is 5.16. The zero-order valence-electron chi connectivity index (χ0n) is 24.4. The molecule has 4 rings (SSSR count). The Bertz CT molecular complexity index is 1450. The van der Waals surface area contributed by atoms with E-state index in [4.69, 9.17) is 0 Å². The molecule has 0 radical (unpaired) electrons. The molecule has 13 heteroatoms. The molecule has 0 aromatic heterocycles. The zero-order chi connectivity index (χ0) is 32.8. The topological polar surface area (TPSA) is 93.7 Å². The van der Waals surface area contributed by atoms with Gasteiger partial charge in [-0.15, -0.1) is 0 Å². The van der Waals surface area contributed by atoms with Gasteiger partial charge in [-0.3, -0.25) is 9.59 Å². The van der Waals surface area contributed by atoms with Gasteiger partial charge >= 0.3 is 12.4 Å². The molecule has 3 aromatic rings. The Morgan fingerprint density at radius 3 is 2.18 bits per heavy atom. The zero-order valence-corrected chi connectivity index (χ0v) is 24.4. The maximum atomic E-state index is 13.5. The average Bonchev–Trinajstić information content (AvgIpc) is 3.42. The maximum absolute atomic E-state index is 13.5. The molecule has 1 aliphatic heterocycles. The molecular weight excluding hydrogens is 602 g/mol. The molecule has 0 bridgehead atoms. The van der Waals surface area contributed by atoms with E-state index in [9.17, 15) is 41.0 Å². The van der Waals surface area contributed by atoms with E-state index < -0.39 is 48.1 Å². The lowest BCUT2D eigenvalue weighted by atomic mass is 10.00. The third-order valence-electron chi connectivity index (χ3n) is 7.36. The predicted molar refractivity (Wildman–Crippen MR) is 158 cm³/mol. The van der Waals surface area contributed by atoms with Crippen LogP contribution < -0.4 is 20.9 Å². The lowest BCUT2D eigenvalue weighted by Gasteiger charge is -2.26. The van der Waals surface area contributed by atoms with Crippen LogP contribution in [0.25, 0.3) is 0 Å². The van der Waals surface area contributed by atoms with Crippen LogP contribution in [-0.2, 0) is 30.1 Å². The van der Waals surface area contributed by atoms with Crippen molar-refractivity contribution in [2.45, 2.75) is 57.2 Å². The van der Waals surface area contributed by atoms with Gasteiger partial charge < -0.3 is 26.0 Å². The molecule has 242 valence electrons. The molecule has 4 N–H and O–H groups in total. The highest BCUT2D eigenvalue weighted by molar-refractivity contribution is 6.00. The molecule has 1 heterocycles. The van der Waals surface area contributed by atoms with Crippen LogP contribution in [0.15, 0.2) is 66.7 Å². The van der Waals surface area contributed by atoms with Crippen LogP contribution in [0.4, 0.5) is 37.7 Å². The number of carbonyl (C=O) groups is 2. The number of carbonyl (C=O) groups excluding carboxylic acids is 2. The van der Waals surface area contributed by atoms with Gasteiger partial charge in [-0.25, -0.2) is 0 Å². The van der Waals surface area contributed by atoms with E-state index in [2.05, 4.69) is 16.0 Å². The van der Waals surface area contributed by atoms with E-state index in [-0.39, 0.29) is 36.1 Å². The Hall–Kier alpha value is -4.10. The monoisotopic (exact) mass is 636 g/mol. The minimum Gasteiger partial charge on any atom is -0.390 e. The Labute approximate surface area is 256 Å². The van der Waals surface area contributed by atoms with E-state index >= 15 is 0 Å². The highest BCUT2D eigenvalue weighted by atomic mass is 19.4. The largest absolute Gasteiger partial charge is 0.416 e. The van der Waals surface area contributed by atoms with Gasteiger partial charge in [0.2, 0.25) is 5.91 Å². The van der Waals surface area contributed by atoms with Gasteiger partial charge in [0.15, 0.2) is 0 Å². The first-order valence-electron chi connectivity index (χ1n) is 14.5. The maximum Gasteiger partial charge on any atom is 0.416 e. The van der Waals surface area contributed by atoms with Gasteiger partial charge in [-0.1, -0.05) is 30.3 Å². The lowest BCUT2D eigenvalue weighted by molar-refractivity contribution is -0.143. The molecule has 1 aliphatic rings. The summed E-state index contributed by atoms with van der Waals surface area (Å²) in [6, 6.07) is 14.4. The molecule has 3 aromatic carbocycles. The number of benzene rings is 3. The minimum atomic E-state index is -4.98. The molecule has 0 unspecified atom stereocenters. The number of aliphatic hydroxyl groups is 1. The van der Waals surface area contributed by atoms with E-state index in [1.807, 2.05) is 6.92 Å². The van der Waals surface area contributed by atoms with E-state index in [0.717, 1.165) is 5.56 Å². The number of halogens is 6. The second-order valence-electron chi connectivity index (χ2n) is 10.8. The molecule has 2 atom stereocenters. The first-order valence-corrected chi connectivity index (χ1v) is 14.5. The summed E-state index contributed by atoms with van der Waals surface area (Å²) in [4.78, 5) is 27.5. The summed E-state index contributed by atoms with van der Waals surface area (Å²) in [6.45, 7) is 2.33. The summed E-state index contributed by atoms with van der Waals surface area (Å²) in [5.74, 6) is -0.586. The second-order valence-corrected chi connectivity index (χ2v) is 10.8. The number of hydrogen-bond donors (Lipinski definition) is 4. The minimum absolute atomic E-state index is 0.0541. The summed E-state index contributed by atoms with van der Waals surface area (Å²) in [5.41, 5.74) is -0.929. The molecule has 1 saturated heterocycles. The van der Waals surface area contributed by atoms with Gasteiger partial charge in [-0.2, -0.15) is 26.3 Å². The third kappa shape index (κ3) is 9.21. The lowest BCUT2D eigenvalue weighted by Crippen LogP contribution is -2.48. The second kappa shape index (κ2) is 14.3. The van der Waals surface area contributed by atoms with E-state index in [0.29, 0.717) is 49.4 Å². The van der Waals surface area contributed by atoms with Crippen molar-refractivity contribution in [1.82, 2.24) is 10.6 Å². The van der Waals surface area contributed by atoms with E-state index in [1.165, 1.54) is 0 Å². The van der Waals surface area contributed by atoms with Gasteiger partial charge in [0, 0.05) is 49.5 Å². The molecule has 0 spiro atoms. The van der Waals surface area contributed by atoms with Crippen LogP contribution in [0, 0.1) is 0 Å². The fourth-order valence-electron chi connectivity index (χ4n) is 5.16. The standard InChI is InChI=1S/C32H34F6N4O3/c1-2-40-25-14-22(15-26(17-25)42-10-6-9-29(42)44)30(45)41-27(13-20-7-4-3-5-8-20)28(43)19-39-18-21-11-23(31(33,34)35)16-24(12-21)32(36,37)38/h3-5,7-8,11-12,14-17,27-28,39-40,43H,2,6,9-10,13,18-19H2,1H3,(H,41,45)/t27-,28+/m0/s1. The van der Waals surface area contributed by atoms with Crippen molar-refractivity contribution in [3.63, 3.8) is 0 Å². The van der Waals surface area contributed by atoms with Gasteiger partial charge in [-0.05, 0) is 67.3 Å². The molecule has 0 saturated carbocycles. The molecule has 0 aliphatic carbocycles. The number of alkyl halides is 6. The number of amides is 2. The van der Waals surface area contributed by atoms with Gasteiger partial charge in [0.25, 0.3) is 5.91 Å². The Kier molecular flexibility index (Phi) is 10.8. The highest BCUT2D eigenvalue weighted by Crippen LogP contribution is 2.36. The van der Waals surface area contributed by atoms with E-state index in [1.54, 1.807) is 53.4 Å². The first kappa shape index (κ1) is 33.8. The Morgan fingerprint density at radius 1 is 0.933 bits per heavy atom. The summed E-state index contributed by atoms with van der Waals surface area (Å²) >= 11 is 0. The molecule has 1 fully saturated rings. The SMILES string of the molecule is CCNc1cc(C(=O)N[C@@H](Cc2ccccc2)[C@H](O)CNCc2cc(C(F)(F)F)cc(C(F)(F)F)c2)cc(N2CCCC2=O)c1. The molecule has 45 heavy (non-hydrogen) atoms. The number of hydrogen-bond acceptors (Lipinski definition) is 5. The van der Waals surface area contributed by atoms with Crippen molar-refractivity contribution in [3.05, 3.63) is 94.5 Å².